The van der Waals surface area contributed by atoms with Crippen LogP contribution in [0.15, 0.2) is 12.3 Å². The van der Waals surface area contributed by atoms with E-state index in [1.165, 1.54) is 17.5 Å². The molecule has 3 nitrogen and oxygen atoms in total. The van der Waals surface area contributed by atoms with E-state index in [4.69, 9.17) is 0 Å². The number of hydrogen-bond donors (Lipinski definition) is 2. The Morgan fingerprint density at radius 1 is 1.39 bits per heavy atom. The van der Waals surface area contributed by atoms with Crippen LogP contribution in [0.3, 0.4) is 0 Å². The number of nitrogens with one attached hydrogen (secondary N) is 2. The van der Waals surface area contributed by atoms with Crippen molar-refractivity contribution in [3.63, 3.8) is 0 Å². The molecule has 1 aromatic rings. The van der Waals surface area contributed by atoms with Crippen molar-refractivity contribution in [2.24, 2.45) is 0 Å². The minimum Gasteiger partial charge on any atom is -0.366 e. The maximum Gasteiger partial charge on any atom is 0.126 e. The van der Waals surface area contributed by atoms with Gasteiger partial charge in [0.2, 0.25) is 0 Å². The lowest BCUT2D eigenvalue weighted by atomic mass is 10.00. The Balaban J connectivity index is 0.000000771. The summed E-state index contributed by atoms with van der Waals surface area (Å²) in [5.74, 6) is 1.58. The second kappa shape index (κ2) is 7.37. The van der Waals surface area contributed by atoms with E-state index in [0.29, 0.717) is 12.0 Å². The second-order valence-corrected chi connectivity index (χ2v) is 4.91. The highest BCUT2D eigenvalue weighted by atomic mass is 15.1. The molecule has 0 amide bonds. The molecule has 0 spiro atoms. The predicted octanol–water partition coefficient (Wildman–Crippen LogP) is 3.31. The minimum atomic E-state index is 0.537. The van der Waals surface area contributed by atoms with Crippen molar-refractivity contribution in [2.75, 3.05) is 18.4 Å². The third-order valence-electron chi connectivity index (χ3n) is 3.18. The largest absolute Gasteiger partial charge is 0.366 e. The van der Waals surface area contributed by atoms with Crippen LogP contribution in [0.25, 0.3) is 0 Å². The zero-order valence-electron chi connectivity index (χ0n) is 12.4. The van der Waals surface area contributed by atoms with Crippen LogP contribution in [-0.4, -0.2) is 24.1 Å². The van der Waals surface area contributed by atoms with Crippen molar-refractivity contribution < 1.29 is 0 Å². The maximum absolute atomic E-state index is 4.45. The lowest BCUT2D eigenvalue weighted by molar-refractivity contribution is 0.784. The van der Waals surface area contributed by atoms with E-state index >= 15 is 0 Å². The number of aromatic nitrogens is 1. The van der Waals surface area contributed by atoms with E-state index in [2.05, 4.69) is 42.5 Å². The summed E-state index contributed by atoms with van der Waals surface area (Å²) in [7, 11) is 0. The van der Waals surface area contributed by atoms with E-state index in [-0.39, 0.29) is 0 Å². The van der Waals surface area contributed by atoms with Crippen molar-refractivity contribution in [2.45, 2.75) is 53.0 Å². The van der Waals surface area contributed by atoms with Gasteiger partial charge >= 0.3 is 0 Å². The summed E-state index contributed by atoms with van der Waals surface area (Å²) < 4.78 is 0. The summed E-state index contributed by atoms with van der Waals surface area (Å²) in [5.41, 5.74) is 2.67. The molecule has 102 valence electrons. The Morgan fingerprint density at radius 3 is 2.67 bits per heavy atom. The molecular weight excluding hydrogens is 222 g/mol. The van der Waals surface area contributed by atoms with Gasteiger partial charge in [0.15, 0.2) is 0 Å². The summed E-state index contributed by atoms with van der Waals surface area (Å²) in [6.45, 7) is 12.7. The summed E-state index contributed by atoms with van der Waals surface area (Å²) in [6, 6.07) is 2.73. The normalized spacial score (nSPS) is 18.4. The van der Waals surface area contributed by atoms with E-state index in [9.17, 15) is 0 Å². The zero-order valence-corrected chi connectivity index (χ0v) is 12.4. The zero-order chi connectivity index (χ0) is 13.5. The molecule has 0 aromatic carbocycles. The molecule has 2 N–H and O–H groups in total. The van der Waals surface area contributed by atoms with Gasteiger partial charge in [-0.2, -0.15) is 0 Å². The number of hydrogen-bond acceptors (Lipinski definition) is 3. The van der Waals surface area contributed by atoms with Gasteiger partial charge < -0.3 is 10.6 Å². The van der Waals surface area contributed by atoms with Crippen LogP contribution in [0.1, 0.15) is 51.2 Å². The average Bonchev–Trinajstić information content (AvgIpc) is 2.87. The first-order chi connectivity index (χ1) is 8.66. The lowest BCUT2D eigenvalue weighted by Crippen LogP contribution is -2.22. The van der Waals surface area contributed by atoms with Gasteiger partial charge in [-0.1, -0.05) is 27.7 Å². The molecule has 2 heterocycles. The number of aryl methyl sites for hydroxylation is 1. The smallest absolute Gasteiger partial charge is 0.126 e. The topological polar surface area (TPSA) is 37.0 Å². The van der Waals surface area contributed by atoms with Gasteiger partial charge in [-0.05, 0) is 43.0 Å². The van der Waals surface area contributed by atoms with Gasteiger partial charge in [0.1, 0.15) is 5.82 Å². The maximum atomic E-state index is 4.45. The second-order valence-electron chi connectivity index (χ2n) is 4.91. The molecule has 1 fully saturated rings. The van der Waals surface area contributed by atoms with Crippen molar-refractivity contribution in [3.8, 4) is 0 Å². The van der Waals surface area contributed by atoms with Gasteiger partial charge in [0.05, 0.1) is 0 Å². The highest BCUT2D eigenvalue weighted by Gasteiger charge is 2.15. The quantitative estimate of drug-likeness (QED) is 0.863. The van der Waals surface area contributed by atoms with Crippen LogP contribution in [0.2, 0.25) is 0 Å². The Kier molecular flexibility index (Phi) is 6.13. The third kappa shape index (κ3) is 3.98. The molecule has 0 bridgehead atoms. The monoisotopic (exact) mass is 249 g/mol. The van der Waals surface area contributed by atoms with Crippen molar-refractivity contribution >= 4 is 5.82 Å². The van der Waals surface area contributed by atoms with Gasteiger partial charge in [0, 0.05) is 18.8 Å². The first-order valence-electron chi connectivity index (χ1n) is 7.10. The van der Waals surface area contributed by atoms with Crippen molar-refractivity contribution in [1.82, 2.24) is 10.3 Å². The molecule has 0 saturated carbocycles. The molecule has 1 aromatic heterocycles. The Morgan fingerprint density at radius 2 is 2.11 bits per heavy atom. The van der Waals surface area contributed by atoms with Crippen LogP contribution >= 0.6 is 0 Å². The fourth-order valence-corrected chi connectivity index (χ4v) is 2.23. The highest BCUT2D eigenvalue weighted by Crippen LogP contribution is 2.21. The Bertz CT molecular complexity index is 355. The average molecular weight is 249 g/mol. The van der Waals surface area contributed by atoms with Gasteiger partial charge in [0.25, 0.3) is 0 Å². The molecule has 0 aliphatic carbocycles. The Hall–Kier alpha value is -1.09. The first kappa shape index (κ1) is 15.0. The molecule has 1 atom stereocenters. The van der Waals surface area contributed by atoms with Crippen molar-refractivity contribution in [1.29, 1.82) is 0 Å². The van der Waals surface area contributed by atoms with Gasteiger partial charge in [-0.15, -0.1) is 0 Å². The highest BCUT2D eigenvalue weighted by molar-refractivity contribution is 5.43. The molecule has 18 heavy (non-hydrogen) atoms. The molecular formula is C15H27N3. The van der Waals surface area contributed by atoms with E-state index in [1.807, 2.05) is 20.0 Å². The standard InChI is InChI=1S/C13H21N3.C2H6/c1-9(2)12-6-13(15-7-10(12)3)16-11-4-5-14-8-11;1-2/h6-7,9,11,14H,4-5,8H2,1-3H3,(H,15,16);1-2H3. The summed E-state index contributed by atoms with van der Waals surface area (Å²) in [5, 5.41) is 6.84. The van der Waals surface area contributed by atoms with E-state index in [0.717, 1.165) is 18.9 Å². The number of pyridine rings is 1. The van der Waals surface area contributed by atoms with E-state index < -0.39 is 0 Å². The van der Waals surface area contributed by atoms with Crippen LogP contribution in [-0.2, 0) is 0 Å². The molecule has 1 aliphatic rings. The van der Waals surface area contributed by atoms with Crippen LogP contribution in [0, 0.1) is 6.92 Å². The fraction of sp³-hybridized carbons (Fsp3) is 0.667. The molecule has 1 saturated heterocycles. The molecule has 3 heteroatoms. The van der Waals surface area contributed by atoms with Gasteiger partial charge in [-0.3, -0.25) is 0 Å². The van der Waals surface area contributed by atoms with Gasteiger partial charge in [-0.25, -0.2) is 4.98 Å². The Labute approximate surface area is 111 Å². The third-order valence-corrected chi connectivity index (χ3v) is 3.18. The predicted molar refractivity (Wildman–Crippen MR) is 79.3 cm³/mol. The van der Waals surface area contributed by atoms with Crippen LogP contribution in [0.5, 0.6) is 0 Å². The SMILES string of the molecule is CC.Cc1cnc(NC2CCNC2)cc1C(C)C. The number of rotatable bonds is 3. The molecule has 1 aliphatic heterocycles. The van der Waals surface area contributed by atoms with Crippen LogP contribution in [0.4, 0.5) is 5.82 Å². The molecule has 1 unspecified atom stereocenters. The summed E-state index contributed by atoms with van der Waals surface area (Å²) >= 11 is 0. The molecule has 2 rings (SSSR count). The van der Waals surface area contributed by atoms with Crippen molar-refractivity contribution in [3.05, 3.63) is 23.4 Å². The summed E-state index contributed by atoms with van der Waals surface area (Å²) in [6.07, 6.45) is 3.16. The number of anilines is 1. The summed E-state index contributed by atoms with van der Waals surface area (Å²) in [4.78, 5) is 4.45. The minimum absolute atomic E-state index is 0.537. The van der Waals surface area contributed by atoms with Crippen LogP contribution < -0.4 is 10.6 Å². The first-order valence-corrected chi connectivity index (χ1v) is 7.10. The molecule has 0 radical (unpaired) electrons. The fourth-order valence-electron chi connectivity index (χ4n) is 2.23. The lowest BCUT2D eigenvalue weighted by Gasteiger charge is -2.15. The van der Waals surface area contributed by atoms with E-state index in [1.54, 1.807) is 0 Å². The number of nitrogens with zero attached hydrogens (tertiary/aromatic N) is 1.